The van der Waals surface area contributed by atoms with Crippen molar-refractivity contribution >= 4 is 22.6 Å². The Morgan fingerprint density at radius 3 is 2.80 bits per heavy atom. The average Bonchev–Trinajstić information content (AvgIpc) is 2.51. The molecule has 1 atom stereocenters. The van der Waals surface area contributed by atoms with E-state index in [2.05, 4.69) is 28.9 Å². The molecule has 106 valence electrons. The minimum absolute atomic E-state index is 0.0772. The van der Waals surface area contributed by atoms with Crippen molar-refractivity contribution in [3.8, 4) is 0 Å². The molecular weight excluding hydrogens is 252 g/mol. The lowest BCUT2D eigenvalue weighted by molar-refractivity contribution is 0.318. The van der Waals surface area contributed by atoms with E-state index < -0.39 is 0 Å². The zero-order valence-electron chi connectivity index (χ0n) is 12.0. The Hall–Kier alpha value is -2.30. The number of nitrogens with zero attached hydrogens (tertiary/aromatic N) is 3. The number of anilines is 1. The molecule has 1 aromatic carbocycles. The molecule has 1 heterocycles. The molecule has 0 amide bonds. The van der Waals surface area contributed by atoms with Gasteiger partial charge in [0.25, 0.3) is 0 Å². The van der Waals surface area contributed by atoms with Crippen molar-refractivity contribution < 1.29 is 5.21 Å². The topological polar surface area (TPSA) is 74.7 Å². The zero-order chi connectivity index (χ0) is 14.7. The van der Waals surface area contributed by atoms with E-state index in [9.17, 15) is 0 Å². The van der Waals surface area contributed by atoms with E-state index >= 15 is 0 Å². The number of aromatic nitrogens is 1. The van der Waals surface area contributed by atoms with Crippen molar-refractivity contribution in [2.24, 2.45) is 10.9 Å². The molecule has 0 aliphatic rings. The third kappa shape index (κ3) is 2.52. The Balaban J connectivity index is 2.66. The molecule has 5 nitrogen and oxygen atoms in total. The first-order valence-corrected chi connectivity index (χ1v) is 6.69. The van der Waals surface area contributed by atoms with Crippen molar-refractivity contribution in [1.29, 1.82) is 0 Å². The lowest BCUT2D eigenvalue weighted by Gasteiger charge is -2.27. The van der Waals surface area contributed by atoms with Gasteiger partial charge < -0.3 is 15.8 Å². The number of oxime groups is 1. The smallest absolute Gasteiger partial charge is 0.173 e. The number of para-hydroxylation sites is 1. The maximum absolute atomic E-state index is 8.98. The highest BCUT2D eigenvalue weighted by atomic mass is 16.4. The molecule has 0 fully saturated rings. The van der Waals surface area contributed by atoms with Crippen molar-refractivity contribution in [1.82, 2.24) is 4.98 Å². The summed E-state index contributed by atoms with van der Waals surface area (Å²) in [5.74, 6) is 0.807. The molecule has 0 radical (unpaired) electrons. The maximum Gasteiger partial charge on any atom is 0.173 e. The molecule has 0 saturated carbocycles. The molecule has 5 heteroatoms. The van der Waals surface area contributed by atoms with E-state index in [1.807, 2.05) is 37.4 Å². The Morgan fingerprint density at radius 1 is 1.45 bits per heavy atom. The van der Waals surface area contributed by atoms with Gasteiger partial charge in [-0.3, -0.25) is 0 Å². The standard InChI is InChI=1S/C15H20N4O/c1-4-10(2)19(3)15-12(14(16)18-20)9-11-7-5-6-8-13(11)17-15/h5-10,20H,4H2,1-3H3,(H2,16,18). The van der Waals surface area contributed by atoms with Crippen LogP contribution in [0.25, 0.3) is 10.9 Å². The van der Waals surface area contributed by atoms with Crippen LogP contribution in [0.15, 0.2) is 35.5 Å². The van der Waals surface area contributed by atoms with Crippen molar-refractivity contribution in [3.63, 3.8) is 0 Å². The second kappa shape index (κ2) is 5.77. The first-order chi connectivity index (χ1) is 9.58. The summed E-state index contributed by atoms with van der Waals surface area (Å²) < 4.78 is 0. The molecule has 0 aliphatic heterocycles. The van der Waals surface area contributed by atoms with Gasteiger partial charge in [0.15, 0.2) is 5.84 Å². The Bertz CT molecular complexity index is 639. The van der Waals surface area contributed by atoms with E-state index in [-0.39, 0.29) is 5.84 Å². The number of pyridine rings is 1. The summed E-state index contributed by atoms with van der Waals surface area (Å²) in [5, 5.41) is 13.1. The highest BCUT2D eigenvalue weighted by Gasteiger charge is 2.17. The summed E-state index contributed by atoms with van der Waals surface area (Å²) in [6, 6.07) is 10.0. The van der Waals surface area contributed by atoms with E-state index in [4.69, 9.17) is 10.9 Å². The SMILES string of the molecule is CCC(C)N(C)c1nc2ccccc2cc1C(N)=NO. The first-order valence-electron chi connectivity index (χ1n) is 6.69. The van der Waals surface area contributed by atoms with Crippen molar-refractivity contribution in [2.45, 2.75) is 26.3 Å². The Morgan fingerprint density at radius 2 is 2.15 bits per heavy atom. The van der Waals surface area contributed by atoms with Crippen LogP contribution in [0.4, 0.5) is 5.82 Å². The normalized spacial score (nSPS) is 13.4. The van der Waals surface area contributed by atoms with Gasteiger partial charge in [-0.1, -0.05) is 30.3 Å². The van der Waals surface area contributed by atoms with Crippen LogP contribution in [0.3, 0.4) is 0 Å². The molecule has 0 spiro atoms. The van der Waals surface area contributed by atoms with Gasteiger partial charge in [-0.2, -0.15) is 0 Å². The summed E-state index contributed by atoms with van der Waals surface area (Å²) in [5.41, 5.74) is 7.34. The summed E-state index contributed by atoms with van der Waals surface area (Å²) in [4.78, 5) is 6.72. The van der Waals surface area contributed by atoms with Gasteiger partial charge in [-0.15, -0.1) is 0 Å². The van der Waals surface area contributed by atoms with Gasteiger partial charge in [-0.25, -0.2) is 4.98 Å². The molecule has 2 rings (SSSR count). The van der Waals surface area contributed by atoms with E-state index in [0.29, 0.717) is 11.6 Å². The largest absolute Gasteiger partial charge is 0.409 e. The maximum atomic E-state index is 8.98. The molecule has 0 saturated heterocycles. The molecule has 20 heavy (non-hydrogen) atoms. The fourth-order valence-electron chi connectivity index (χ4n) is 2.10. The number of benzene rings is 1. The van der Waals surface area contributed by atoms with Crippen LogP contribution in [0, 0.1) is 0 Å². The van der Waals surface area contributed by atoms with Gasteiger partial charge in [0.1, 0.15) is 5.82 Å². The first kappa shape index (κ1) is 14.1. The van der Waals surface area contributed by atoms with Crippen LogP contribution in [-0.4, -0.2) is 29.1 Å². The lowest BCUT2D eigenvalue weighted by Crippen LogP contribution is -2.31. The average molecular weight is 272 g/mol. The molecule has 3 N–H and O–H groups in total. The zero-order valence-corrected chi connectivity index (χ0v) is 12.0. The van der Waals surface area contributed by atoms with Crippen LogP contribution in [-0.2, 0) is 0 Å². The molecule has 0 bridgehead atoms. The van der Waals surface area contributed by atoms with E-state index in [0.717, 1.165) is 23.1 Å². The predicted octanol–water partition coefficient (Wildman–Crippen LogP) is 2.56. The van der Waals surface area contributed by atoms with Crippen molar-refractivity contribution in [3.05, 3.63) is 35.9 Å². The number of fused-ring (bicyclic) bond motifs is 1. The number of hydrogen-bond donors (Lipinski definition) is 2. The fourth-order valence-corrected chi connectivity index (χ4v) is 2.10. The van der Waals surface area contributed by atoms with Crippen LogP contribution < -0.4 is 10.6 Å². The number of nitrogens with two attached hydrogens (primary N) is 1. The van der Waals surface area contributed by atoms with Crippen molar-refractivity contribution in [2.75, 3.05) is 11.9 Å². The Kier molecular flexibility index (Phi) is 4.08. The monoisotopic (exact) mass is 272 g/mol. The van der Waals surface area contributed by atoms with Gasteiger partial charge in [0.2, 0.25) is 0 Å². The van der Waals surface area contributed by atoms with Gasteiger partial charge >= 0.3 is 0 Å². The lowest BCUT2D eigenvalue weighted by atomic mass is 10.1. The number of rotatable bonds is 4. The number of hydrogen-bond acceptors (Lipinski definition) is 4. The van der Waals surface area contributed by atoms with Gasteiger partial charge in [-0.05, 0) is 25.5 Å². The van der Waals surface area contributed by atoms with Crippen LogP contribution in [0.2, 0.25) is 0 Å². The van der Waals surface area contributed by atoms with Gasteiger partial charge in [0, 0.05) is 18.5 Å². The molecule has 0 aliphatic carbocycles. The van der Waals surface area contributed by atoms with E-state index in [1.54, 1.807) is 0 Å². The third-order valence-corrected chi connectivity index (χ3v) is 3.67. The summed E-state index contributed by atoms with van der Waals surface area (Å²) in [6.45, 7) is 4.23. The van der Waals surface area contributed by atoms with Crippen LogP contribution in [0.5, 0.6) is 0 Å². The fraction of sp³-hybridized carbons (Fsp3) is 0.333. The minimum Gasteiger partial charge on any atom is -0.409 e. The predicted molar refractivity (Wildman–Crippen MR) is 82.4 cm³/mol. The van der Waals surface area contributed by atoms with Gasteiger partial charge in [0.05, 0.1) is 11.1 Å². The second-order valence-corrected chi connectivity index (χ2v) is 4.91. The summed E-state index contributed by atoms with van der Waals surface area (Å²) >= 11 is 0. The number of amidine groups is 1. The molecule has 1 aromatic heterocycles. The highest BCUT2D eigenvalue weighted by molar-refractivity contribution is 6.04. The van der Waals surface area contributed by atoms with Crippen LogP contribution in [0.1, 0.15) is 25.8 Å². The Labute approximate surface area is 118 Å². The molecule has 1 unspecified atom stereocenters. The minimum atomic E-state index is 0.0772. The summed E-state index contributed by atoms with van der Waals surface area (Å²) in [7, 11) is 1.97. The third-order valence-electron chi connectivity index (χ3n) is 3.67. The summed E-state index contributed by atoms with van der Waals surface area (Å²) in [6.07, 6.45) is 0.987. The molecular formula is C15H20N4O. The highest BCUT2D eigenvalue weighted by Crippen LogP contribution is 2.24. The van der Waals surface area contributed by atoms with E-state index in [1.165, 1.54) is 0 Å². The second-order valence-electron chi connectivity index (χ2n) is 4.91. The quantitative estimate of drug-likeness (QED) is 0.388. The molecule has 2 aromatic rings. The van der Waals surface area contributed by atoms with Crippen LogP contribution >= 0.6 is 0 Å².